The van der Waals surface area contributed by atoms with Gasteiger partial charge in [0.15, 0.2) is 6.10 Å². The molecule has 0 saturated carbocycles. The Hall–Kier alpha value is -3.15. The fourth-order valence-electron chi connectivity index (χ4n) is 8.63. The van der Waals surface area contributed by atoms with Crippen molar-refractivity contribution in [3.63, 3.8) is 0 Å². The van der Waals surface area contributed by atoms with Gasteiger partial charge in [-0.3, -0.25) is 14.4 Å². The molecule has 0 aromatic carbocycles. The standard InChI is InChI=1S/C65H114O6/c1-4-7-10-13-16-19-22-25-28-30-32-34-35-37-40-43-46-49-52-55-58-64(67)70-61-62(60-69-63(66)57-54-51-48-45-42-39-27-24-21-18-15-12-9-6-3)71-65(68)59-56-53-50-47-44-41-38-36-33-31-29-26-23-20-17-14-11-8-5-2/h8,11,15,17-18,20,24,26-27,29,33,36,62H,4-7,9-10,12-14,16,19,21-23,25,28,30-32,34-35,37-61H2,1-3H3/b11-8-,18-15-,20-17-,27-24-,29-26-,36-33-. The molecule has 0 rings (SSSR count). The van der Waals surface area contributed by atoms with E-state index in [1.54, 1.807) is 0 Å². The van der Waals surface area contributed by atoms with Crippen LogP contribution in [0.15, 0.2) is 72.9 Å². The van der Waals surface area contributed by atoms with E-state index in [0.29, 0.717) is 19.3 Å². The summed E-state index contributed by atoms with van der Waals surface area (Å²) in [6, 6.07) is 0. The number of ether oxygens (including phenoxy) is 3. The molecule has 0 heterocycles. The van der Waals surface area contributed by atoms with E-state index >= 15 is 0 Å². The first-order chi connectivity index (χ1) is 35.0. The summed E-state index contributed by atoms with van der Waals surface area (Å²) >= 11 is 0. The summed E-state index contributed by atoms with van der Waals surface area (Å²) in [5, 5.41) is 0. The number of hydrogen-bond donors (Lipinski definition) is 0. The minimum atomic E-state index is -0.788. The molecule has 0 fully saturated rings. The summed E-state index contributed by atoms with van der Waals surface area (Å²) in [6.45, 7) is 6.50. The van der Waals surface area contributed by atoms with Crippen molar-refractivity contribution in [3.8, 4) is 0 Å². The topological polar surface area (TPSA) is 78.9 Å². The number of unbranched alkanes of at least 4 members (excludes halogenated alkanes) is 32. The van der Waals surface area contributed by atoms with Gasteiger partial charge in [0.05, 0.1) is 0 Å². The lowest BCUT2D eigenvalue weighted by molar-refractivity contribution is -0.167. The van der Waals surface area contributed by atoms with Crippen molar-refractivity contribution in [2.75, 3.05) is 13.2 Å². The predicted molar refractivity (Wildman–Crippen MR) is 307 cm³/mol. The van der Waals surface area contributed by atoms with Crippen LogP contribution in [0.1, 0.15) is 303 Å². The third kappa shape index (κ3) is 57.6. The lowest BCUT2D eigenvalue weighted by atomic mass is 10.0. The van der Waals surface area contributed by atoms with Gasteiger partial charge in [-0.25, -0.2) is 0 Å². The van der Waals surface area contributed by atoms with Gasteiger partial charge in [-0.05, 0) is 83.5 Å². The number of carbonyl (C=O) groups is 3. The molecule has 0 aliphatic carbocycles. The van der Waals surface area contributed by atoms with Crippen LogP contribution in [0.2, 0.25) is 0 Å². The summed E-state index contributed by atoms with van der Waals surface area (Å²) in [6.07, 6.45) is 76.1. The van der Waals surface area contributed by atoms with Crippen molar-refractivity contribution in [2.24, 2.45) is 0 Å². The lowest BCUT2D eigenvalue weighted by Gasteiger charge is -2.18. The largest absolute Gasteiger partial charge is 0.462 e. The fraction of sp³-hybridized carbons (Fsp3) is 0.769. The molecule has 71 heavy (non-hydrogen) atoms. The van der Waals surface area contributed by atoms with Gasteiger partial charge in [-0.1, -0.05) is 273 Å². The summed E-state index contributed by atoms with van der Waals surface area (Å²) < 4.78 is 16.9. The first kappa shape index (κ1) is 67.8. The third-order valence-corrected chi connectivity index (χ3v) is 13.2. The van der Waals surface area contributed by atoms with E-state index in [9.17, 15) is 14.4 Å². The fourth-order valence-corrected chi connectivity index (χ4v) is 8.63. The van der Waals surface area contributed by atoms with E-state index in [1.807, 2.05) is 0 Å². The summed E-state index contributed by atoms with van der Waals surface area (Å²) in [5.74, 6) is -0.899. The second kappa shape index (κ2) is 59.4. The van der Waals surface area contributed by atoms with Crippen LogP contribution in [-0.2, 0) is 28.6 Å². The highest BCUT2D eigenvalue weighted by Crippen LogP contribution is 2.17. The molecule has 0 aliphatic heterocycles. The monoisotopic (exact) mass is 991 g/mol. The molecule has 0 spiro atoms. The predicted octanol–water partition coefficient (Wildman–Crippen LogP) is 20.5. The molecule has 0 aromatic heterocycles. The van der Waals surface area contributed by atoms with E-state index in [2.05, 4.69) is 93.7 Å². The molecule has 1 unspecified atom stereocenters. The molecular formula is C65H114O6. The van der Waals surface area contributed by atoms with Crippen molar-refractivity contribution in [1.29, 1.82) is 0 Å². The van der Waals surface area contributed by atoms with Crippen LogP contribution in [0.4, 0.5) is 0 Å². The maximum absolute atomic E-state index is 12.9. The molecule has 1 atom stereocenters. The number of rotatable bonds is 55. The zero-order valence-electron chi connectivity index (χ0n) is 47.0. The maximum Gasteiger partial charge on any atom is 0.306 e. The Kier molecular flexibility index (Phi) is 56.8. The highest BCUT2D eigenvalue weighted by molar-refractivity contribution is 5.71. The first-order valence-corrected chi connectivity index (χ1v) is 30.4. The Labute approximate surface area is 440 Å². The quantitative estimate of drug-likeness (QED) is 0.0261. The van der Waals surface area contributed by atoms with Gasteiger partial charge in [-0.2, -0.15) is 0 Å². The van der Waals surface area contributed by atoms with Crippen molar-refractivity contribution >= 4 is 17.9 Å². The minimum absolute atomic E-state index is 0.0834. The second-order valence-electron chi connectivity index (χ2n) is 20.2. The summed E-state index contributed by atoms with van der Waals surface area (Å²) in [5.41, 5.74) is 0. The highest BCUT2D eigenvalue weighted by atomic mass is 16.6. The molecule has 410 valence electrons. The van der Waals surface area contributed by atoms with Crippen LogP contribution in [0, 0.1) is 0 Å². The van der Waals surface area contributed by atoms with Gasteiger partial charge < -0.3 is 14.2 Å². The summed E-state index contributed by atoms with van der Waals surface area (Å²) in [4.78, 5) is 38.2. The van der Waals surface area contributed by atoms with E-state index in [0.717, 1.165) is 116 Å². The number of carbonyl (C=O) groups excluding carboxylic acids is 3. The summed E-state index contributed by atoms with van der Waals surface area (Å²) in [7, 11) is 0. The van der Waals surface area contributed by atoms with E-state index < -0.39 is 6.10 Å². The van der Waals surface area contributed by atoms with Crippen molar-refractivity contribution in [2.45, 2.75) is 309 Å². The third-order valence-electron chi connectivity index (χ3n) is 13.2. The van der Waals surface area contributed by atoms with Crippen LogP contribution >= 0.6 is 0 Å². The molecule has 6 heteroatoms. The van der Waals surface area contributed by atoms with E-state index in [4.69, 9.17) is 14.2 Å². The average molecular weight is 992 g/mol. The molecule has 0 aromatic rings. The van der Waals surface area contributed by atoms with E-state index in [1.165, 1.54) is 148 Å². The molecule has 0 saturated heterocycles. The SMILES string of the molecule is CC/C=C\C/C=C\C/C=C\C/C=C\CCCCCCCCC(=O)OC(COC(=O)CCCCCCC/C=C\C/C=C\CCCC)COC(=O)CCCCCCCCCCCCCCCCCCCCCC. The second-order valence-corrected chi connectivity index (χ2v) is 20.2. The number of esters is 3. The van der Waals surface area contributed by atoms with Crippen LogP contribution in [-0.4, -0.2) is 37.2 Å². The highest BCUT2D eigenvalue weighted by Gasteiger charge is 2.19. The van der Waals surface area contributed by atoms with Gasteiger partial charge in [0, 0.05) is 19.3 Å². The number of hydrogen-bond acceptors (Lipinski definition) is 6. The van der Waals surface area contributed by atoms with Gasteiger partial charge in [0.1, 0.15) is 13.2 Å². The molecule has 0 bridgehead atoms. The van der Waals surface area contributed by atoms with Gasteiger partial charge in [0.2, 0.25) is 0 Å². The molecule has 0 radical (unpaired) electrons. The Balaban J connectivity index is 4.37. The van der Waals surface area contributed by atoms with Gasteiger partial charge in [-0.15, -0.1) is 0 Å². The van der Waals surface area contributed by atoms with E-state index in [-0.39, 0.29) is 31.1 Å². The van der Waals surface area contributed by atoms with Crippen molar-refractivity contribution in [1.82, 2.24) is 0 Å². The maximum atomic E-state index is 12.9. The van der Waals surface area contributed by atoms with Crippen molar-refractivity contribution < 1.29 is 28.6 Å². The zero-order valence-corrected chi connectivity index (χ0v) is 47.0. The van der Waals surface area contributed by atoms with Crippen LogP contribution in [0.3, 0.4) is 0 Å². The Bertz CT molecular complexity index is 1320. The Morgan fingerprint density at radius 1 is 0.296 bits per heavy atom. The lowest BCUT2D eigenvalue weighted by Crippen LogP contribution is -2.30. The van der Waals surface area contributed by atoms with Gasteiger partial charge >= 0.3 is 17.9 Å². The normalized spacial score (nSPS) is 12.5. The smallest absolute Gasteiger partial charge is 0.306 e. The number of allylic oxidation sites excluding steroid dienone is 12. The van der Waals surface area contributed by atoms with Crippen LogP contribution in [0.5, 0.6) is 0 Å². The first-order valence-electron chi connectivity index (χ1n) is 30.4. The molecule has 0 amide bonds. The molecule has 0 N–H and O–H groups in total. The minimum Gasteiger partial charge on any atom is -0.462 e. The van der Waals surface area contributed by atoms with Crippen molar-refractivity contribution in [3.05, 3.63) is 72.9 Å². The Morgan fingerprint density at radius 2 is 0.563 bits per heavy atom. The molecule has 0 aliphatic rings. The van der Waals surface area contributed by atoms with Gasteiger partial charge in [0.25, 0.3) is 0 Å². The molecule has 6 nitrogen and oxygen atoms in total. The Morgan fingerprint density at radius 3 is 0.901 bits per heavy atom. The van der Waals surface area contributed by atoms with Crippen LogP contribution < -0.4 is 0 Å². The zero-order chi connectivity index (χ0) is 51.4. The average Bonchev–Trinajstić information content (AvgIpc) is 3.37. The van der Waals surface area contributed by atoms with Crippen LogP contribution in [0.25, 0.3) is 0 Å². The molecular weight excluding hydrogens is 877 g/mol.